The van der Waals surface area contributed by atoms with Gasteiger partial charge in [0, 0.05) is 0 Å². The third-order valence-corrected chi connectivity index (χ3v) is 3.25. The van der Waals surface area contributed by atoms with Crippen LogP contribution in [0.3, 0.4) is 0 Å². The molecule has 0 aliphatic heterocycles. The van der Waals surface area contributed by atoms with E-state index in [1.54, 1.807) is 30.3 Å². The van der Waals surface area contributed by atoms with Gasteiger partial charge in [-0.05, 0) is 18.4 Å². The molecule has 0 spiro atoms. The van der Waals surface area contributed by atoms with Crippen LogP contribution in [0.5, 0.6) is 0 Å². The Balaban J connectivity index is 2.06. The van der Waals surface area contributed by atoms with Crippen molar-refractivity contribution >= 4 is 5.97 Å². The Bertz CT molecular complexity index is 469. The maximum Gasteiger partial charge on any atom is 0.405 e. The zero-order chi connectivity index (χ0) is 13.9. The van der Waals surface area contributed by atoms with Crippen LogP contribution >= 0.6 is 0 Å². The number of carbonyl (C=O) groups excluding carboxylic acids is 1. The van der Waals surface area contributed by atoms with E-state index in [-0.39, 0.29) is 19.4 Å². The molecule has 0 saturated carbocycles. The lowest BCUT2D eigenvalue weighted by molar-refractivity contribution is -0.232. The fourth-order valence-corrected chi connectivity index (χ4v) is 2.03. The Morgan fingerprint density at radius 1 is 1.16 bits per heavy atom. The number of rotatable bonds is 3. The van der Waals surface area contributed by atoms with Crippen molar-refractivity contribution in [1.29, 1.82) is 0 Å². The second kappa shape index (κ2) is 5.07. The van der Waals surface area contributed by atoms with E-state index in [0.717, 1.165) is 0 Å². The van der Waals surface area contributed by atoms with Crippen molar-refractivity contribution in [3.8, 4) is 0 Å². The van der Waals surface area contributed by atoms with Crippen LogP contribution in [0.25, 0.3) is 0 Å². The van der Waals surface area contributed by atoms with Crippen LogP contribution in [-0.2, 0) is 16.1 Å². The second-order valence-corrected chi connectivity index (χ2v) is 4.52. The molecular formula is C14H13F3O2. The van der Waals surface area contributed by atoms with E-state index in [1.807, 2.05) is 0 Å². The molecule has 19 heavy (non-hydrogen) atoms. The number of benzene rings is 1. The molecule has 0 saturated heterocycles. The van der Waals surface area contributed by atoms with Crippen molar-refractivity contribution in [2.75, 3.05) is 0 Å². The van der Waals surface area contributed by atoms with Gasteiger partial charge in [0.05, 0.1) is 0 Å². The first-order valence-corrected chi connectivity index (χ1v) is 5.89. The first-order chi connectivity index (χ1) is 8.96. The first-order valence-electron chi connectivity index (χ1n) is 5.89. The van der Waals surface area contributed by atoms with E-state index in [9.17, 15) is 18.0 Å². The summed E-state index contributed by atoms with van der Waals surface area (Å²) in [6.07, 6.45) is -2.53. The van der Waals surface area contributed by atoms with E-state index in [1.165, 1.54) is 12.2 Å². The highest BCUT2D eigenvalue weighted by Gasteiger charge is 2.61. The van der Waals surface area contributed by atoms with Gasteiger partial charge in [0.15, 0.2) is 5.41 Å². The van der Waals surface area contributed by atoms with Gasteiger partial charge < -0.3 is 4.74 Å². The summed E-state index contributed by atoms with van der Waals surface area (Å²) in [5, 5.41) is 0. The molecule has 2 nitrogen and oxygen atoms in total. The molecule has 102 valence electrons. The van der Waals surface area contributed by atoms with Crippen LogP contribution in [0.1, 0.15) is 18.4 Å². The highest BCUT2D eigenvalue weighted by Crippen LogP contribution is 2.48. The van der Waals surface area contributed by atoms with Gasteiger partial charge in [0.2, 0.25) is 0 Å². The molecule has 0 bridgehead atoms. The van der Waals surface area contributed by atoms with Gasteiger partial charge in [-0.15, -0.1) is 0 Å². The van der Waals surface area contributed by atoms with Gasteiger partial charge in [-0.3, -0.25) is 4.79 Å². The Labute approximate surface area is 108 Å². The van der Waals surface area contributed by atoms with Gasteiger partial charge in [0.25, 0.3) is 0 Å². The number of allylic oxidation sites excluding steroid dienone is 2. The standard InChI is InChI=1S/C14H13F3O2/c15-14(16,17)13(8-4-5-9-13)12(18)19-10-11-6-2-1-3-7-11/h1-7H,8-10H2. The lowest BCUT2D eigenvalue weighted by Gasteiger charge is -2.29. The van der Waals surface area contributed by atoms with Gasteiger partial charge in [-0.1, -0.05) is 42.5 Å². The second-order valence-electron chi connectivity index (χ2n) is 4.52. The Morgan fingerprint density at radius 2 is 1.74 bits per heavy atom. The van der Waals surface area contributed by atoms with Crippen molar-refractivity contribution in [3.63, 3.8) is 0 Å². The monoisotopic (exact) mass is 270 g/mol. The van der Waals surface area contributed by atoms with Crippen molar-refractivity contribution in [1.82, 2.24) is 0 Å². The number of ether oxygens (including phenoxy) is 1. The number of hydrogen-bond acceptors (Lipinski definition) is 2. The zero-order valence-electron chi connectivity index (χ0n) is 10.1. The minimum Gasteiger partial charge on any atom is -0.460 e. The molecule has 0 heterocycles. The number of hydrogen-bond donors (Lipinski definition) is 0. The normalized spacial score (nSPS) is 17.4. The average molecular weight is 270 g/mol. The van der Waals surface area contributed by atoms with E-state index in [0.29, 0.717) is 5.56 Å². The molecule has 0 fully saturated rings. The minimum absolute atomic E-state index is 0.141. The number of alkyl halides is 3. The van der Waals surface area contributed by atoms with Gasteiger partial charge in [-0.25, -0.2) is 0 Å². The molecule has 1 aliphatic carbocycles. The van der Waals surface area contributed by atoms with Crippen LogP contribution in [-0.4, -0.2) is 12.1 Å². The van der Waals surface area contributed by atoms with Crippen LogP contribution in [0.4, 0.5) is 13.2 Å². The lowest BCUT2D eigenvalue weighted by Crippen LogP contribution is -2.44. The summed E-state index contributed by atoms with van der Waals surface area (Å²) >= 11 is 0. The molecule has 2 rings (SSSR count). The van der Waals surface area contributed by atoms with Crippen molar-refractivity contribution in [2.45, 2.75) is 25.6 Å². The maximum atomic E-state index is 13.1. The van der Waals surface area contributed by atoms with Crippen LogP contribution in [0, 0.1) is 5.41 Å². The number of halogens is 3. The third kappa shape index (κ3) is 2.64. The molecule has 0 amide bonds. The molecule has 1 aliphatic rings. The van der Waals surface area contributed by atoms with E-state index in [2.05, 4.69) is 0 Å². The zero-order valence-corrected chi connectivity index (χ0v) is 10.1. The minimum atomic E-state index is -4.59. The fraction of sp³-hybridized carbons (Fsp3) is 0.357. The van der Waals surface area contributed by atoms with E-state index in [4.69, 9.17) is 4.74 Å². The molecule has 0 radical (unpaired) electrons. The van der Waals surface area contributed by atoms with E-state index >= 15 is 0 Å². The molecular weight excluding hydrogens is 257 g/mol. The van der Waals surface area contributed by atoms with Crippen molar-refractivity contribution < 1.29 is 22.7 Å². The predicted octanol–water partition coefficient (Wildman–Crippen LogP) is 3.63. The van der Waals surface area contributed by atoms with Crippen molar-refractivity contribution in [3.05, 3.63) is 48.0 Å². The Hall–Kier alpha value is -1.78. The van der Waals surface area contributed by atoms with Crippen LogP contribution in [0.2, 0.25) is 0 Å². The summed E-state index contributed by atoms with van der Waals surface area (Å²) in [4.78, 5) is 11.8. The predicted molar refractivity (Wildman–Crippen MR) is 63.1 cm³/mol. The van der Waals surface area contributed by atoms with Crippen LogP contribution < -0.4 is 0 Å². The summed E-state index contributed by atoms with van der Waals surface area (Å²) in [6, 6.07) is 8.64. The van der Waals surface area contributed by atoms with Crippen LogP contribution in [0.15, 0.2) is 42.5 Å². The summed E-state index contributed by atoms with van der Waals surface area (Å²) in [5.41, 5.74) is -1.74. The molecule has 1 aromatic rings. The molecule has 0 aromatic heterocycles. The molecule has 1 aromatic carbocycles. The maximum absolute atomic E-state index is 13.1. The summed E-state index contributed by atoms with van der Waals surface area (Å²) in [5.74, 6) is -1.20. The smallest absolute Gasteiger partial charge is 0.405 e. The average Bonchev–Trinajstić information content (AvgIpc) is 2.87. The Morgan fingerprint density at radius 3 is 2.26 bits per heavy atom. The van der Waals surface area contributed by atoms with Gasteiger partial charge in [-0.2, -0.15) is 13.2 Å². The quantitative estimate of drug-likeness (QED) is 0.619. The Kier molecular flexibility index (Phi) is 3.64. The topological polar surface area (TPSA) is 26.3 Å². The molecule has 5 heteroatoms. The molecule has 0 atom stereocenters. The summed E-state index contributed by atoms with van der Waals surface area (Å²) in [6.45, 7) is -0.141. The fourth-order valence-electron chi connectivity index (χ4n) is 2.03. The highest BCUT2D eigenvalue weighted by molar-refractivity contribution is 5.79. The largest absolute Gasteiger partial charge is 0.460 e. The number of esters is 1. The van der Waals surface area contributed by atoms with Gasteiger partial charge in [0.1, 0.15) is 6.61 Å². The van der Waals surface area contributed by atoms with E-state index < -0.39 is 17.6 Å². The molecule has 0 N–H and O–H groups in total. The third-order valence-electron chi connectivity index (χ3n) is 3.25. The molecule has 0 unspecified atom stereocenters. The lowest BCUT2D eigenvalue weighted by atomic mass is 9.84. The van der Waals surface area contributed by atoms with Gasteiger partial charge >= 0.3 is 12.1 Å². The SMILES string of the molecule is O=C(OCc1ccccc1)C1(C(F)(F)F)CC=CC1. The first kappa shape index (κ1) is 13.6. The van der Waals surface area contributed by atoms with Crippen molar-refractivity contribution in [2.24, 2.45) is 5.41 Å². The number of carbonyl (C=O) groups is 1. The summed E-state index contributed by atoms with van der Waals surface area (Å²) in [7, 11) is 0. The highest BCUT2D eigenvalue weighted by atomic mass is 19.4. The summed E-state index contributed by atoms with van der Waals surface area (Å²) < 4.78 is 44.0.